The number of hydrogen-bond donors (Lipinski definition) is 3. The SMILES string of the molecule is CCNCCNC(=O)CCCNC(=O)C(C)(C)C.Cl. The Morgan fingerprint density at radius 3 is 2.16 bits per heavy atom. The van der Waals surface area contributed by atoms with Crippen LogP contribution in [0.25, 0.3) is 0 Å². The van der Waals surface area contributed by atoms with E-state index in [2.05, 4.69) is 16.0 Å². The Morgan fingerprint density at radius 2 is 1.63 bits per heavy atom. The fraction of sp³-hybridized carbons (Fsp3) is 0.846. The highest BCUT2D eigenvalue weighted by atomic mass is 35.5. The molecule has 3 N–H and O–H groups in total. The van der Waals surface area contributed by atoms with Crippen LogP contribution in [-0.4, -0.2) is 38.0 Å². The topological polar surface area (TPSA) is 70.2 Å². The Labute approximate surface area is 122 Å². The Morgan fingerprint density at radius 1 is 1.00 bits per heavy atom. The van der Waals surface area contributed by atoms with E-state index in [-0.39, 0.29) is 29.6 Å². The highest BCUT2D eigenvalue weighted by molar-refractivity contribution is 5.85. The second kappa shape index (κ2) is 11.1. The number of rotatable bonds is 8. The quantitative estimate of drug-likeness (QED) is 0.587. The predicted octanol–water partition coefficient (Wildman–Crippen LogP) is 1.08. The third kappa shape index (κ3) is 12.0. The molecule has 5 nitrogen and oxygen atoms in total. The minimum Gasteiger partial charge on any atom is -0.356 e. The molecule has 0 spiro atoms. The maximum atomic E-state index is 11.5. The first-order valence-electron chi connectivity index (χ1n) is 6.63. The van der Waals surface area contributed by atoms with Gasteiger partial charge in [0.05, 0.1) is 0 Å². The number of carbonyl (C=O) groups is 2. The van der Waals surface area contributed by atoms with E-state index in [0.29, 0.717) is 25.9 Å². The lowest BCUT2D eigenvalue weighted by Gasteiger charge is -2.17. The summed E-state index contributed by atoms with van der Waals surface area (Å²) in [4.78, 5) is 22.9. The summed E-state index contributed by atoms with van der Waals surface area (Å²) in [5, 5.41) is 8.78. The zero-order valence-electron chi connectivity index (χ0n) is 12.5. The number of halogens is 1. The van der Waals surface area contributed by atoms with Gasteiger partial charge < -0.3 is 16.0 Å². The lowest BCUT2D eigenvalue weighted by molar-refractivity contribution is -0.128. The normalized spacial score (nSPS) is 10.5. The van der Waals surface area contributed by atoms with E-state index >= 15 is 0 Å². The first kappa shape index (κ1) is 20.5. The van der Waals surface area contributed by atoms with E-state index in [1.54, 1.807) is 0 Å². The van der Waals surface area contributed by atoms with Gasteiger partial charge in [-0.25, -0.2) is 0 Å². The van der Waals surface area contributed by atoms with Crippen LogP contribution in [0.3, 0.4) is 0 Å². The maximum Gasteiger partial charge on any atom is 0.225 e. The van der Waals surface area contributed by atoms with Crippen molar-refractivity contribution in [1.29, 1.82) is 0 Å². The Kier molecular flexibility index (Phi) is 11.9. The summed E-state index contributed by atoms with van der Waals surface area (Å²) in [6, 6.07) is 0. The monoisotopic (exact) mass is 293 g/mol. The van der Waals surface area contributed by atoms with Crippen LogP contribution >= 0.6 is 12.4 Å². The van der Waals surface area contributed by atoms with Crippen LogP contribution in [-0.2, 0) is 9.59 Å². The van der Waals surface area contributed by atoms with Crippen molar-refractivity contribution in [3.05, 3.63) is 0 Å². The van der Waals surface area contributed by atoms with E-state index < -0.39 is 0 Å². The van der Waals surface area contributed by atoms with Crippen LogP contribution in [0.5, 0.6) is 0 Å². The van der Waals surface area contributed by atoms with Gasteiger partial charge in [0.1, 0.15) is 0 Å². The van der Waals surface area contributed by atoms with Crippen LogP contribution < -0.4 is 16.0 Å². The molecular weight excluding hydrogens is 266 g/mol. The van der Waals surface area contributed by atoms with Crippen molar-refractivity contribution in [3.8, 4) is 0 Å². The first-order valence-corrected chi connectivity index (χ1v) is 6.63. The van der Waals surface area contributed by atoms with E-state index in [9.17, 15) is 9.59 Å². The summed E-state index contributed by atoms with van der Waals surface area (Å²) >= 11 is 0. The van der Waals surface area contributed by atoms with Crippen LogP contribution in [0.4, 0.5) is 0 Å². The summed E-state index contributed by atoms with van der Waals surface area (Å²) in [5.74, 6) is 0.0629. The third-order valence-electron chi connectivity index (χ3n) is 2.42. The maximum absolute atomic E-state index is 11.5. The van der Waals surface area contributed by atoms with Crippen LogP contribution in [0.2, 0.25) is 0 Å². The molecule has 0 saturated heterocycles. The van der Waals surface area contributed by atoms with E-state index in [1.165, 1.54) is 0 Å². The molecule has 0 aliphatic rings. The van der Waals surface area contributed by atoms with Crippen LogP contribution in [0.1, 0.15) is 40.5 Å². The lowest BCUT2D eigenvalue weighted by atomic mass is 9.96. The smallest absolute Gasteiger partial charge is 0.225 e. The molecule has 0 radical (unpaired) electrons. The Bertz CT molecular complexity index is 265. The highest BCUT2D eigenvalue weighted by Gasteiger charge is 2.20. The molecule has 19 heavy (non-hydrogen) atoms. The molecule has 0 bridgehead atoms. The van der Waals surface area contributed by atoms with Gasteiger partial charge in [-0.05, 0) is 13.0 Å². The third-order valence-corrected chi connectivity index (χ3v) is 2.42. The molecule has 0 saturated carbocycles. The molecule has 0 aromatic rings. The van der Waals surface area contributed by atoms with Crippen molar-refractivity contribution >= 4 is 24.2 Å². The fourth-order valence-corrected chi connectivity index (χ4v) is 1.27. The van der Waals surface area contributed by atoms with Crippen molar-refractivity contribution in [2.75, 3.05) is 26.2 Å². The zero-order chi connectivity index (χ0) is 14.0. The summed E-state index contributed by atoms with van der Waals surface area (Å²) in [5.41, 5.74) is -0.367. The van der Waals surface area contributed by atoms with Gasteiger partial charge in [-0.3, -0.25) is 9.59 Å². The molecule has 114 valence electrons. The molecule has 6 heteroatoms. The molecular formula is C13H28ClN3O2. The molecule has 0 fully saturated rings. The van der Waals surface area contributed by atoms with Gasteiger partial charge in [0.25, 0.3) is 0 Å². The second-order valence-electron chi connectivity index (χ2n) is 5.31. The molecule has 0 aromatic heterocycles. The van der Waals surface area contributed by atoms with E-state index in [1.807, 2.05) is 27.7 Å². The molecule has 0 atom stereocenters. The van der Waals surface area contributed by atoms with Crippen molar-refractivity contribution in [2.45, 2.75) is 40.5 Å². The molecule has 0 aliphatic heterocycles. The van der Waals surface area contributed by atoms with E-state index in [4.69, 9.17) is 0 Å². The minimum atomic E-state index is -0.367. The molecule has 0 heterocycles. The minimum absolute atomic E-state index is 0. The number of likely N-dealkylation sites (N-methyl/N-ethyl adjacent to an activating group) is 1. The molecule has 0 aliphatic carbocycles. The Balaban J connectivity index is 0. The van der Waals surface area contributed by atoms with E-state index in [0.717, 1.165) is 13.1 Å². The van der Waals surface area contributed by atoms with Gasteiger partial charge in [0.2, 0.25) is 11.8 Å². The van der Waals surface area contributed by atoms with Gasteiger partial charge in [0.15, 0.2) is 0 Å². The van der Waals surface area contributed by atoms with Crippen LogP contribution in [0, 0.1) is 5.41 Å². The molecule has 0 rings (SSSR count). The molecule has 0 unspecified atom stereocenters. The predicted molar refractivity (Wildman–Crippen MR) is 80.5 cm³/mol. The summed E-state index contributed by atoms with van der Waals surface area (Å²) in [6.45, 7) is 10.6. The molecule has 0 aromatic carbocycles. The Hall–Kier alpha value is -0.810. The molecule has 2 amide bonds. The number of amides is 2. The first-order chi connectivity index (χ1) is 8.38. The van der Waals surface area contributed by atoms with Gasteiger partial charge >= 0.3 is 0 Å². The van der Waals surface area contributed by atoms with Crippen molar-refractivity contribution in [3.63, 3.8) is 0 Å². The number of nitrogens with one attached hydrogen (secondary N) is 3. The van der Waals surface area contributed by atoms with Crippen molar-refractivity contribution in [1.82, 2.24) is 16.0 Å². The van der Waals surface area contributed by atoms with Gasteiger partial charge in [-0.15, -0.1) is 12.4 Å². The summed E-state index contributed by atoms with van der Waals surface area (Å²) in [7, 11) is 0. The van der Waals surface area contributed by atoms with Gasteiger partial charge in [-0.1, -0.05) is 27.7 Å². The zero-order valence-corrected chi connectivity index (χ0v) is 13.3. The standard InChI is InChI=1S/C13H27N3O2.ClH/c1-5-14-9-10-15-11(17)7-6-8-16-12(18)13(2,3)4;/h14H,5-10H2,1-4H3,(H,15,17)(H,16,18);1H. The highest BCUT2D eigenvalue weighted by Crippen LogP contribution is 2.12. The lowest BCUT2D eigenvalue weighted by Crippen LogP contribution is -2.36. The van der Waals surface area contributed by atoms with Crippen LogP contribution in [0.15, 0.2) is 0 Å². The van der Waals surface area contributed by atoms with Crippen molar-refractivity contribution in [2.24, 2.45) is 5.41 Å². The number of hydrogen-bond acceptors (Lipinski definition) is 3. The summed E-state index contributed by atoms with van der Waals surface area (Å²) in [6.07, 6.45) is 1.13. The van der Waals surface area contributed by atoms with Gasteiger partial charge in [-0.2, -0.15) is 0 Å². The summed E-state index contributed by atoms with van der Waals surface area (Å²) < 4.78 is 0. The average Bonchev–Trinajstić information content (AvgIpc) is 2.28. The average molecular weight is 294 g/mol. The largest absolute Gasteiger partial charge is 0.356 e. The number of carbonyl (C=O) groups excluding carboxylic acids is 2. The fourth-order valence-electron chi connectivity index (χ4n) is 1.27. The second-order valence-corrected chi connectivity index (χ2v) is 5.31. The van der Waals surface area contributed by atoms with Crippen molar-refractivity contribution < 1.29 is 9.59 Å². The van der Waals surface area contributed by atoms with Gasteiger partial charge in [0, 0.05) is 31.5 Å².